The Morgan fingerprint density at radius 3 is 1.07 bits per heavy atom. The van der Waals surface area contributed by atoms with Gasteiger partial charge >= 0.3 is 17.9 Å². The number of aromatic nitrogens is 3. The van der Waals surface area contributed by atoms with E-state index in [1.165, 1.54) is 0 Å². The second kappa shape index (κ2) is 21.4. The maximum Gasteiger partial charge on any atom is 0.307 e. The molecule has 6 heterocycles. The van der Waals surface area contributed by atoms with Crippen molar-refractivity contribution in [2.75, 3.05) is 58.9 Å². The highest BCUT2D eigenvalue weighted by Gasteiger charge is 2.33. The van der Waals surface area contributed by atoms with Crippen molar-refractivity contribution >= 4 is 50.2 Å². The van der Waals surface area contributed by atoms with Gasteiger partial charge in [0.1, 0.15) is 0 Å². The number of nitrogens with one attached hydrogen (secondary N) is 3. The first kappa shape index (κ1) is 46.3. The molecule has 0 saturated carbocycles. The monoisotopic (exact) mass is 905 g/mol. The lowest BCUT2D eigenvalue weighted by Gasteiger charge is -2.23. The van der Waals surface area contributed by atoms with Crippen molar-refractivity contribution in [3.8, 4) is 0 Å². The minimum Gasteiger partial charge on any atom is -0.481 e. The van der Waals surface area contributed by atoms with E-state index in [4.69, 9.17) is 15.0 Å². The Kier molecular flexibility index (Phi) is 14.8. The molecule has 0 spiro atoms. The highest BCUT2D eigenvalue weighted by molar-refractivity contribution is 5.87. The molecule has 3 aromatic heterocycles. The van der Waals surface area contributed by atoms with E-state index < -0.39 is 35.7 Å². The lowest BCUT2D eigenvalue weighted by atomic mass is 9.85. The average Bonchev–Trinajstić information content (AvgIpc) is 4.17. The molecule has 6 atom stereocenters. The SMILES string of the molecule is O=C(O)[C@@H](Cc1ccc2ccnc(CCN(CCc3nccc4ccc(C[C@H](C(=O)O)[C@H]5CCNC5)cc34)CCc3nccc4ccc(C[C@H](C(=O)O)[C@H]5CCNC5)cc34)c2c1)[C@H]1CCNC1. The Balaban J connectivity index is 0.976. The van der Waals surface area contributed by atoms with Crippen LogP contribution < -0.4 is 16.0 Å². The fourth-order valence-corrected chi connectivity index (χ4v) is 11.1. The third kappa shape index (κ3) is 11.1. The van der Waals surface area contributed by atoms with Gasteiger partial charge < -0.3 is 36.2 Å². The van der Waals surface area contributed by atoms with E-state index in [9.17, 15) is 29.7 Å². The molecule has 3 aromatic carbocycles. The van der Waals surface area contributed by atoms with Gasteiger partial charge in [0, 0.05) is 90.7 Å². The topological polar surface area (TPSA) is 190 Å². The predicted molar refractivity (Wildman–Crippen MR) is 260 cm³/mol. The Morgan fingerprint density at radius 1 is 0.493 bits per heavy atom. The number of benzene rings is 3. The summed E-state index contributed by atoms with van der Waals surface area (Å²) in [4.78, 5) is 54.5. The summed E-state index contributed by atoms with van der Waals surface area (Å²) in [6, 6.07) is 24.9. The Morgan fingerprint density at radius 2 is 0.806 bits per heavy atom. The molecule has 9 rings (SSSR count). The fraction of sp³-hybridized carbons (Fsp3) is 0.444. The van der Waals surface area contributed by atoms with Gasteiger partial charge in [0.25, 0.3) is 0 Å². The molecule has 0 aliphatic carbocycles. The molecular weight excluding hydrogens is 843 g/mol. The van der Waals surface area contributed by atoms with Gasteiger partial charge in [0.05, 0.1) is 17.8 Å². The van der Waals surface area contributed by atoms with E-state index in [1.807, 2.05) is 36.8 Å². The predicted octanol–water partition coefficient (Wildman–Crippen LogP) is 6.22. The largest absolute Gasteiger partial charge is 0.481 e. The number of hydrogen-bond donors (Lipinski definition) is 6. The lowest BCUT2D eigenvalue weighted by molar-refractivity contribution is -0.144. The van der Waals surface area contributed by atoms with Crippen LogP contribution >= 0.6 is 0 Å². The van der Waals surface area contributed by atoms with E-state index in [0.717, 1.165) is 125 Å². The van der Waals surface area contributed by atoms with Crippen LogP contribution in [-0.4, -0.2) is 112 Å². The molecule has 67 heavy (non-hydrogen) atoms. The molecule has 3 aliphatic rings. The van der Waals surface area contributed by atoms with Gasteiger partial charge in [-0.25, -0.2) is 0 Å². The van der Waals surface area contributed by atoms with Gasteiger partial charge in [-0.1, -0.05) is 36.4 Å². The molecule has 13 heteroatoms. The summed E-state index contributed by atoms with van der Waals surface area (Å²) in [5, 5.41) is 47.0. The van der Waals surface area contributed by atoms with E-state index in [-0.39, 0.29) is 17.8 Å². The van der Waals surface area contributed by atoms with Crippen LogP contribution in [0.2, 0.25) is 0 Å². The number of aliphatic carboxylic acids is 3. The van der Waals surface area contributed by atoms with Crippen LogP contribution in [0.25, 0.3) is 32.3 Å². The number of rotatable bonds is 21. The highest BCUT2D eigenvalue weighted by atomic mass is 16.4. The Hall–Kier alpha value is -5.86. The van der Waals surface area contributed by atoms with Crippen molar-refractivity contribution in [3.63, 3.8) is 0 Å². The zero-order valence-electron chi connectivity index (χ0n) is 38.2. The fourth-order valence-electron chi connectivity index (χ4n) is 11.1. The van der Waals surface area contributed by atoms with Gasteiger partial charge in [0.2, 0.25) is 0 Å². The smallest absolute Gasteiger partial charge is 0.307 e. The van der Waals surface area contributed by atoms with Crippen LogP contribution in [0.1, 0.15) is 53.0 Å². The number of pyridine rings is 3. The summed E-state index contributed by atoms with van der Waals surface area (Å²) < 4.78 is 0. The van der Waals surface area contributed by atoms with Crippen LogP contribution in [0.3, 0.4) is 0 Å². The molecule has 0 radical (unpaired) electrons. The first-order valence-corrected chi connectivity index (χ1v) is 24.3. The van der Waals surface area contributed by atoms with Crippen molar-refractivity contribution in [3.05, 3.63) is 125 Å². The van der Waals surface area contributed by atoms with Crippen LogP contribution in [-0.2, 0) is 52.9 Å². The number of carbonyl (C=O) groups is 3. The molecule has 0 amide bonds. The van der Waals surface area contributed by atoms with Crippen molar-refractivity contribution in [2.45, 2.75) is 57.8 Å². The highest BCUT2D eigenvalue weighted by Crippen LogP contribution is 2.30. The molecule has 6 N–H and O–H groups in total. The normalized spacial score (nSPS) is 19.9. The van der Waals surface area contributed by atoms with Crippen LogP contribution in [0.4, 0.5) is 0 Å². The molecule has 3 saturated heterocycles. The van der Waals surface area contributed by atoms with Crippen LogP contribution in [0.5, 0.6) is 0 Å². The maximum absolute atomic E-state index is 12.4. The van der Waals surface area contributed by atoms with E-state index in [2.05, 4.69) is 75.4 Å². The van der Waals surface area contributed by atoms with E-state index >= 15 is 0 Å². The van der Waals surface area contributed by atoms with Gasteiger partial charge in [-0.2, -0.15) is 0 Å². The van der Waals surface area contributed by atoms with Gasteiger partial charge in [-0.05, 0) is 165 Å². The Bertz CT molecular complexity index is 2420. The van der Waals surface area contributed by atoms with Gasteiger partial charge in [-0.3, -0.25) is 29.3 Å². The average molecular weight is 906 g/mol. The zero-order chi connectivity index (χ0) is 46.3. The number of nitrogens with zero attached hydrogens (tertiary/aromatic N) is 4. The van der Waals surface area contributed by atoms with Crippen molar-refractivity contribution in [1.29, 1.82) is 0 Å². The summed E-state index contributed by atoms with van der Waals surface area (Å²) >= 11 is 0. The number of carboxylic acids is 3. The first-order chi connectivity index (χ1) is 32.7. The van der Waals surface area contributed by atoms with Crippen LogP contribution in [0, 0.1) is 35.5 Å². The summed E-state index contributed by atoms with van der Waals surface area (Å²) in [6.07, 6.45) is 11.6. The quantitative estimate of drug-likeness (QED) is 0.0478. The van der Waals surface area contributed by atoms with Gasteiger partial charge in [0.15, 0.2) is 0 Å². The summed E-state index contributed by atoms with van der Waals surface area (Å²) in [6.45, 7) is 6.86. The molecule has 3 aliphatic heterocycles. The lowest BCUT2D eigenvalue weighted by Crippen LogP contribution is -2.31. The van der Waals surface area contributed by atoms with Crippen LogP contribution in [0.15, 0.2) is 91.4 Å². The molecule has 0 unspecified atom stereocenters. The number of carboxylic acid groups (broad SMARTS) is 3. The summed E-state index contributed by atoms with van der Waals surface area (Å²) in [7, 11) is 0. The minimum atomic E-state index is -0.748. The molecular formula is C54H63N7O6. The minimum absolute atomic E-state index is 0.105. The molecule has 13 nitrogen and oxygen atoms in total. The Labute approximate surface area is 391 Å². The van der Waals surface area contributed by atoms with Crippen molar-refractivity contribution in [2.24, 2.45) is 35.5 Å². The number of fused-ring (bicyclic) bond motifs is 3. The zero-order valence-corrected chi connectivity index (χ0v) is 38.2. The molecule has 350 valence electrons. The van der Waals surface area contributed by atoms with Gasteiger partial charge in [-0.15, -0.1) is 0 Å². The first-order valence-electron chi connectivity index (χ1n) is 24.3. The van der Waals surface area contributed by atoms with Crippen molar-refractivity contribution < 1.29 is 29.7 Å². The third-order valence-corrected chi connectivity index (χ3v) is 15.1. The molecule has 3 fully saturated rings. The van der Waals surface area contributed by atoms with Crippen molar-refractivity contribution in [1.82, 2.24) is 35.8 Å². The molecule has 6 aromatic rings. The third-order valence-electron chi connectivity index (χ3n) is 15.1. The van der Waals surface area contributed by atoms with E-state index in [1.54, 1.807) is 0 Å². The maximum atomic E-state index is 12.4. The summed E-state index contributed by atoms with van der Waals surface area (Å²) in [5.74, 6) is -3.29. The number of hydrogen-bond acceptors (Lipinski definition) is 10. The summed E-state index contributed by atoms with van der Waals surface area (Å²) in [5.41, 5.74) is 5.92. The standard InChI is InChI=1S/C54H63N7O6/c62-52(63)46(40-7-16-55-31-40)28-34-1-4-37-10-19-58-49(43(37)25-34)13-22-61(23-14-50-44-26-35(2-5-38(44)11-20-59-50)29-47(53(64)65)41-8-17-56-32-41)24-15-51-45-27-36(3-6-39(45)12-21-60-51)30-48(54(66)67)42-9-18-57-33-42/h1-6,10-12,19-21,25-27,40-42,46-48,55-57H,7-9,13-18,22-24,28-33H2,(H,62,63)(H,64,65)(H,66,67)/t40-,41-,42-,46-,47-,48-/m0/s1. The second-order valence-corrected chi connectivity index (χ2v) is 19.2. The molecule has 0 bridgehead atoms. The second-order valence-electron chi connectivity index (χ2n) is 19.2. The van der Waals surface area contributed by atoms with E-state index in [0.29, 0.717) is 58.2 Å².